The fourth-order valence-electron chi connectivity index (χ4n) is 1.90. The van der Waals surface area contributed by atoms with Crippen molar-refractivity contribution in [2.45, 2.75) is 0 Å². The van der Waals surface area contributed by atoms with Crippen molar-refractivity contribution in [2.24, 2.45) is 0 Å². The Kier molecular flexibility index (Phi) is 4.65. The number of anilines is 2. The SMILES string of the molecule is COc1ccc(Cl)cc1NC(=O)c1cccnc1N(C)C. The van der Waals surface area contributed by atoms with Gasteiger partial charge in [0.15, 0.2) is 0 Å². The summed E-state index contributed by atoms with van der Waals surface area (Å²) in [5.41, 5.74) is 0.994. The number of benzene rings is 1. The third-order valence-corrected chi connectivity index (χ3v) is 3.10. The quantitative estimate of drug-likeness (QED) is 0.943. The highest BCUT2D eigenvalue weighted by molar-refractivity contribution is 6.31. The lowest BCUT2D eigenvalue weighted by molar-refractivity contribution is 0.102. The van der Waals surface area contributed by atoms with Crippen molar-refractivity contribution < 1.29 is 9.53 Å². The van der Waals surface area contributed by atoms with Crippen LogP contribution in [0.3, 0.4) is 0 Å². The molecule has 0 aliphatic carbocycles. The molecule has 1 aromatic carbocycles. The van der Waals surface area contributed by atoms with Crippen LogP contribution in [-0.2, 0) is 0 Å². The minimum absolute atomic E-state index is 0.271. The van der Waals surface area contributed by atoms with Gasteiger partial charge in [0, 0.05) is 25.3 Å². The first-order chi connectivity index (χ1) is 10.0. The van der Waals surface area contributed by atoms with Crippen LogP contribution in [0.4, 0.5) is 11.5 Å². The highest BCUT2D eigenvalue weighted by atomic mass is 35.5. The fourth-order valence-corrected chi connectivity index (χ4v) is 2.07. The lowest BCUT2D eigenvalue weighted by Gasteiger charge is -2.16. The summed E-state index contributed by atoms with van der Waals surface area (Å²) < 4.78 is 5.22. The number of pyridine rings is 1. The zero-order chi connectivity index (χ0) is 15.4. The summed E-state index contributed by atoms with van der Waals surface area (Å²) >= 11 is 5.96. The van der Waals surface area contributed by atoms with E-state index in [1.165, 1.54) is 7.11 Å². The molecule has 0 fully saturated rings. The number of halogens is 1. The molecule has 0 bridgehead atoms. The van der Waals surface area contributed by atoms with Crippen molar-refractivity contribution in [1.29, 1.82) is 0 Å². The molecule has 6 heteroatoms. The number of hydrogen-bond donors (Lipinski definition) is 1. The lowest BCUT2D eigenvalue weighted by Crippen LogP contribution is -2.19. The molecule has 0 radical (unpaired) electrons. The van der Waals surface area contributed by atoms with E-state index in [0.29, 0.717) is 27.8 Å². The van der Waals surface area contributed by atoms with E-state index in [4.69, 9.17) is 16.3 Å². The number of carbonyl (C=O) groups is 1. The van der Waals surface area contributed by atoms with Gasteiger partial charge in [-0.15, -0.1) is 0 Å². The monoisotopic (exact) mass is 305 g/mol. The molecular weight excluding hydrogens is 290 g/mol. The second-order valence-electron chi connectivity index (χ2n) is 4.57. The van der Waals surface area contributed by atoms with Crippen LogP contribution in [0.1, 0.15) is 10.4 Å². The summed E-state index contributed by atoms with van der Waals surface area (Å²) in [6.45, 7) is 0. The predicted molar refractivity (Wildman–Crippen MR) is 84.5 cm³/mol. The number of ether oxygens (including phenoxy) is 1. The van der Waals surface area contributed by atoms with Crippen LogP contribution in [-0.4, -0.2) is 32.1 Å². The standard InChI is InChI=1S/C15H16ClN3O2/c1-19(2)14-11(5-4-8-17-14)15(20)18-12-9-10(16)6-7-13(12)21-3/h4-9H,1-3H3,(H,18,20). The largest absolute Gasteiger partial charge is 0.495 e. The number of hydrogen-bond acceptors (Lipinski definition) is 4. The van der Waals surface area contributed by atoms with Crippen LogP contribution in [0.15, 0.2) is 36.5 Å². The molecule has 0 atom stereocenters. The maximum Gasteiger partial charge on any atom is 0.259 e. The zero-order valence-electron chi connectivity index (χ0n) is 12.1. The molecule has 1 heterocycles. The van der Waals surface area contributed by atoms with Crippen molar-refractivity contribution in [1.82, 2.24) is 4.98 Å². The number of amides is 1. The van der Waals surface area contributed by atoms with Crippen molar-refractivity contribution >= 4 is 29.0 Å². The summed E-state index contributed by atoms with van der Waals surface area (Å²) in [4.78, 5) is 18.4. The van der Waals surface area contributed by atoms with Crippen molar-refractivity contribution in [3.05, 3.63) is 47.1 Å². The zero-order valence-corrected chi connectivity index (χ0v) is 12.8. The second-order valence-corrected chi connectivity index (χ2v) is 5.00. The molecule has 2 aromatic rings. The smallest absolute Gasteiger partial charge is 0.259 e. The Morgan fingerprint density at radius 2 is 2.10 bits per heavy atom. The van der Waals surface area contributed by atoms with Gasteiger partial charge in [-0.05, 0) is 30.3 Å². The lowest BCUT2D eigenvalue weighted by atomic mass is 10.2. The van der Waals surface area contributed by atoms with E-state index < -0.39 is 0 Å². The third kappa shape index (κ3) is 3.44. The Balaban J connectivity index is 2.33. The highest BCUT2D eigenvalue weighted by Crippen LogP contribution is 2.28. The molecule has 0 aliphatic rings. The Labute approximate surface area is 128 Å². The predicted octanol–water partition coefficient (Wildman–Crippen LogP) is 3.06. The molecule has 5 nitrogen and oxygen atoms in total. The molecule has 0 saturated heterocycles. The van der Waals surface area contributed by atoms with Gasteiger partial charge in [-0.3, -0.25) is 4.79 Å². The molecule has 21 heavy (non-hydrogen) atoms. The molecule has 110 valence electrons. The third-order valence-electron chi connectivity index (χ3n) is 2.86. The summed E-state index contributed by atoms with van der Waals surface area (Å²) in [5.74, 6) is 0.867. The van der Waals surface area contributed by atoms with E-state index >= 15 is 0 Å². The van der Waals surface area contributed by atoms with Gasteiger partial charge in [-0.25, -0.2) is 4.98 Å². The van der Waals surface area contributed by atoms with E-state index in [-0.39, 0.29) is 5.91 Å². The van der Waals surface area contributed by atoms with E-state index in [1.807, 2.05) is 14.1 Å². The average Bonchev–Trinajstić information content (AvgIpc) is 2.47. The summed E-state index contributed by atoms with van der Waals surface area (Å²) in [7, 11) is 5.20. The average molecular weight is 306 g/mol. The number of nitrogens with one attached hydrogen (secondary N) is 1. The van der Waals surface area contributed by atoms with Crippen LogP contribution in [0.2, 0.25) is 5.02 Å². The van der Waals surface area contributed by atoms with Gasteiger partial charge in [-0.2, -0.15) is 0 Å². The van der Waals surface area contributed by atoms with Crippen LogP contribution >= 0.6 is 11.6 Å². The highest BCUT2D eigenvalue weighted by Gasteiger charge is 2.15. The first-order valence-corrected chi connectivity index (χ1v) is 6.68. The molecule has 1 amide bonds. The topological polar surface area (TPSA) is 54.5 Å². The number of aromatic nitrogens is 1. The van der Waals surface area contributed by atoms with E-state index in [9.17, 15) is 4.79 Å². The van der Waals surface area contributed by atoms with Gasteiger partial charge < -0.3 is 15.0 Å². The van der Waals surface area contributed by atoms with Gasteiger partial charge in [0.2, 0.25) is 0 Å². The van der Waals surface area contributed by atoms with Gasteiger partial charge in [0.25, 0.3) is 5.91 Å². The van der Waals surface area contributed by atoms with Crippen LogP contribution < -0.4 is 15.0 Å². The number of nitrogens with zero attached hydrogens (tertiary/aromatic N) is 2. The molecule has 0 aliphatic heterocycles. The Bertz CT molecular complexity index is 659. The molecule has 0 saturated carbocycles. The molecule has 0 spiro atoms. The van der Waals surface area contributed by atoms with Crippen molar-refractivity contribution in [2.75, 3.05) is 31.4 Å². The molecule has 1 N–H and O–H groups in total. The maximum absolute atomic E-state index is 12.4. The summed E-state index contributed by atoms with van der Waals surface area (Å²) in [6.07, 6.45) is 1.64. The van der Waals surface area contributed by atoms with Crippen LogP contribution in [0.5, 0.6) is 5.75 Å². The van der Waals surface area contributed by atoms with Gasteiger partial charge >= 0.3 is 0 Å². The number of rotatable bonds is 4. The first-order valence-electron chi connectivity index (χ1n) is 6.30. The van der Waals surface area contributed by atoms with Crippen molar-refractivity contribution in [3.63, 3.8) is 0 Å². The van der Waals surface area contributed by atoms with Gasteiger partial charge in [-0.1, -0.05) is 11.6 Å². The number of carbonyl (C=O) groups excluding carboxylic acids is 1. The van der Waals surface area contributed by atoms with Crippen molar-refractivity contribution in [3.8, 4) is 5.75 Å². The number of methoxy groups -OCH3 is 1. The van der Waals surface area contributed by atoms with Crippen LogP contribution in [0, 0.1) is 0 Å². The Morgan fingerprint density at radius 3 is 2.76 bits per heavy atom. The van der Waals surface area contributed by atoms with Gasteiger partial charge in [0.1, 0.15) is 11.6 Å². The Morgan fingerprint density at radius 1 is 1.33 bits per heavy atom. The maximum atomic E-state index is 12.4. The molecule has 0 unspecified atom stereocenters. The second kappa shape index (κ2) is 6.45. The molecule has 2 rings (SSSR count). The first kappa shape index (κ1) is 15.1. The Hall–Kier alpha value is -2.27. The summed E-state index contributed by atoms with van der Waals surface area (Å²) in [6, 6.07) is 8.48. The molecule has 1 aromatic heterocycles. The van der Waals surface area contributed by atoms with E-state index in [1.54, 1.807) is 41.4 Å². The minimum Gasteiger partial charge on any atom is -0.495 e. The molecular formula is C15H16ClN3O2. The normalized spacial score (nSPS) is 10.1. The minimum atomic E-state index is -0.271. The summed E-state index contributed by atoms with van der Waals surface area (Å²) in [5, 5.41) is 3.32. The van der Waals surface area contributed by atoms with E-state index in [2.05, 4.69) is 10.3 Å². The van der Waals surface area contributed by atoms with Gasteiger partial charge in [0.05, 0.1) is 18.4 Å². The van der Waals surface area contributed by atoms with E-state index in [0.717, 1.165) is 0 Å². The van der Waals surface area contributed by atoms with Crippen LogP contribution in [0.25, 0.3) is 0 Å². The fraction of sp³-hybridized carbons (Fsp3) is 0.200.